The molecule has 1 heterocycles. The Morgan fingerprint density at radius 1 is 0.895 bits per heavy atom. The summed E-state index contributed by atoms with van der Waals surface area (Å²) in [6, 6.07) is 16.4. The Morgan fingerprint density at radius 3 is 2.21 bits per heavy atom. The van der Waals surface area contributed by atoms with Gasteiger partial charge in [0.2, 0.25) is 0 Å². The smallest absolute Gasteiger partial charge is 0.296 e. The zero-order valence-corrected chi connectivity index (χ0v) is 10.7. The number of nitrogens with zero attached hydrogens (tertiary/aromatic N) is 1. The van der Waals surface area contributed by atoms with Crippen LogP contribution in [0.25, 0.3) is 16.6 Å². The molecule has 0 amide bonds. The topological polar surface area (TPSA) is 59.3 Å². The van der Waals surface area contributed by atoms with Crippen LogP contribution in [0.5, 0.6) is 0 Å². The van der Waals surface area contributed by atoms with Gasteiger partial charge in [0, 0.05) is 17.3 Å². The van der Waals surface area contributed by atoms with E-state index < -0.39 is 10.1 Å². The van der Waals surface area contributed by atoms with Crippen LogP contribution in [0.3, 0.4) is 0 Å². The number of hydrogen-bond donors (Lipinski definition) is 1. The maximum Gasteiger partial charge on any atom is 0.296 e. The molecule has 0 fully saturated rings. The minimum atomic E-state index is -4.24. The van der Waals surface area contributed by atoms with Gasteiger partial charge < -0.3 is 4.57 Å². The average Bonchev–Trinajstić information content (AvgIpc) is 2.79. The van der Waals surface area contributed by atoms with E-state index in [9.17, 15) is 13.0 Å². The van der Waals surface area contributed by atoms with E-state index in [1.54, 1.807) is 16.7 Å². The molecule has 3 rings (SSSR count). The van der Waals surface area contributed by atoms with Crippen LogP contribution in [-0.4, -0.2) is 17.5 Å². The summed E-state index contributed by atoms with van der Waals surface area (Å²) in [5.41, 5.74) is 1.58. The van der Waals surface area contributed by atoms with Gasteiger partial charge in [-0.15, -0.1) is 0 Å². The van der Waals surface area contributed by atoms with Crippen molar-refractivity contribution in [1.82, 2.24) is 4.57 Å². The molecule has 0 aliphatic heterocycles. The highest BCUT2D eigenvalue weighted by atomic mass is 32.2. The van der Waals surface area contributed by atoms with Crippen molar-refractivity contribution in [3.8, 4) is 5.69 Å². The Balaban J connectivity index is 2.39. The maximum atomic E-state index is 11.4. The average molecular weight is 273 g/mol. The number of benzene rings is 2. The molecule has 0 aliphatic rings. The standard InChI is InChI=1S/C14H11NO3S/c16-19(17,18)14-10-15(11-6-2-1-3-7-11)13-9-5-4-8-12(13)14/h1-10H,(H,16,17,18). The zero-order chi connectivity index (χ0) is 13.5. The van der Waals surface area contributed by atoms with Crippen LogP contribution in [0, 0.1) is 0 Å². The van der Waals surface area contributed by atoms with Crippen molar-refractivity contribution in [2.24, 2.45) is 0 Å². The van der Waals surface area contributed by atoms with Gasteiger partial charge in [-0.1, -0.05) is 36.4 Å². The van der Waals surface area contributed by atoms with Crippen molar-refractivity contribution >= 4 is 21.0 Å². The predicted octanol–water partition coefficient (Wildman–Crippen LogP) is 2.88. The molecule has 0 aliphatic carbocycles. The number of hydrogen-bond acceptors (Lipinski definition) is 2. The lowest BCUT2D eigenvalue weighted by Gasteiger charge is -2.03. The van der Waals surface area contributed by atoms with Crippen LogP contribution in [0.4, 0.5) is 0 Å². The Bertz CT molecular complexity index is 836. The molecule has 0 radical (unpaired) electrons. The molecular weight excluding hydrogens is 262 g/mol. The second-order valence-corrected chi connectivity index (χ2v) is 5.58. The largest absolute Gasteiger partial charge is 0.315 e. The lowest BCUT2D eigenvalue weighted by molar-refractivity contribution is 0.484. The summed E-state index contributed by atoms with van der Waals surface area (Å²) in [6.07, 6.45) is 1.44. The monoisotopic (exact) mass is 273 g/mol. The molecule has 96 valence electrons. The SMILES string of the molecule is O=S(=O)(O)c1cn(-c2ccccc2)c2ccccc12. The number of fused-ring (bicyclic) bond motifs is 1. The molecule has 0 atom stereocenters. The summed E-state index contributed by atoms with van der Waals surface area (Å²) in [5, 5.41) is 0.508. The first-order valence-corrected chi connectivity index (χ1v) is 7.14. The highest BCUT2D eigenvalue weighted by Crippen LogP contribution is 2.27. The summed E-state index contributed by atoms with van der Waals surface area (Å²) in [5.74, 6) is 0. The van der Waals surface area contributed by atoms with E-state index in [0.717, 1.165) is 11.2 Å². The highest BCUT2D eigenvalue weighted by Gasteiger charge is 2.18. The first-order chi connectivity index (χ1) is 9.07. The van der Waals surface area contributed by atoms with Crippen molar-refractivity contribution in [3.05, 3.63) is 60.8 Å². The lowest BCUT2D eigenvalue weighted by atomic mass is 10.2. The van der Waals surface area contributed by atoms with E-state index in [2.05, 4.69) is 0 Å². The Labute approximate surface area is 110 Å². The number of para-hydroxylation sites is 2. The van der Waals surface area contributed by atoms with Gasteiger partial charge in [0.15, 0.2) is 0 Å². The molecule has 0 saturated heterocycles. The molecule has 0 unspecified atom stereocenters. The van der Waals surface area contributed by atoms with Crippen LogP contribution >= 0.6 is 0 Å². The summed E-state index contributed by atoms with van der Waals surface area (Å²) in [6.45, 7) is 0. The van der Waals surface area contributed by atoms with Crippen molar-refractivity contribution < 1.29 is 13.0 Å². The third-order valence-corrected chi connectivity index (χ3v) is 3.87. The van der Waals surface area contributed by atoms with Crippen molar-refractivity contribution in [2.75, 3.05) is 0 Å². The quantitative estimate of drug-likeness (QED) is 0.730. The molecule has 5 heteroatoms. The third-order valence-electron chi connectivity index (χ3n) is 2.99. The van der Waals surface area contributed by atoms with E-state index >= 15 is 0 Å². The van der Waals surface area contributed by atoms with Crippen LogP contribution in [0.2, 0.25) is 0 Å². The summed E-state index contributed by atoms with van der Waals surface area (Å²) < 4.78 is 33.9. The molecule has 4 nitrogen and oxygen atoms in total. The van der Waals surface area contributed by atoms with Gasteiger partial charge in [-0.05, 0) is 18.2 Å². The predicted molar refractivity (Wildman–Crippen MR) is 73.1 cm³/mol. The van der Waals surface area contributed by atoms with E-state index in [1.165, 1.54) is 6.20 Å². The van der Waals surface area contributed by atoms with Crippen LogP contribution in [0.15, 0.2) is 65.7 Å². The van der Waals surface area contributed by atoms with Gasteiger partial charge in [0.1, 0.15) is 4.90 Å². The summed E-state index contributed by atoms with van der Waals surface area (Å²) >= 11 is 0. The molecule has 19 heavy (non-hydrogen) atoms. The van der Waals surface area contributed by atoms with E-state index in [-0.39, 0.29) is 4.90 Å². The minimum absolute atomic E-state index is 0.0769. The second kappa shape index (κ2) is 4.22. The van der Waals surface area contributed by atoms with Crippen molar-refractivity contribution in [2.45, 2.75) is 4.90 Å². The molecule has 2 aromatic carbocycles. The fourth-order valence-electron chi connectivity index (χ4n) is 2.16. The fraction of sp³-hybridized carbons (Fsp3) is 0. The van der Waals surface area contributed by atoms with E-state index in [4.69, 9.17) is 0 Å². The Hall–Kier alpha value is -2.11. The van der Waals surface area contributed by atoms with Gasteiger partial charge in [-0.2, -0.15) is 8.42 Å². The third kappa shape index (κ3) is 2.03. The fourth-order valence-corrected chi connectivity index (χ4v) is 2.85. The molecule has 0 bridgehead atoms. The van der Waals surface area contributed by atoms with Crippen LogP contribution in [-0.2, 0) is 10.1 Å². The van der Waals surface area contributed by atoms with Gasteiger partial charge >= 0.3 is 0 Å². The van der Waals surface area contributed by atoms with Gasteiger partial charge in [0.05, 0.1) is 5.52 Å². The molecular formula is C14H11NO3S. The van der Waals surface area contributed by atoms with Crippen LogP contribution < -0.4 is 0 Å². The minimum Gasteiger partial charge on any atom is -0.315 e. The maximum absolute atomic E-state index is 11.4. The lowest BCUT2D eigenvalue weighted by Crippen LogP contribution is -1.96. The van der Waals surface area contributed by atoms with Crippen molar-refractivity contribution in [3.63, 3.8) is 0 Å². The van der Waals surface area contributed by atoms with Crippen LogP contribution in [0.1, 0.15) is 0 Å². The molecule has 0 spiro atoms. The molecule has 1 aromatic heterocycles. The summed E-state index contributed by atoms with van der Waals surface area (Å²) in [7, 11) is -4.24. The zero-order valence-electron chi connectivity index (χ0n) is 9.89. The number of aromatic nitrogens is 1. The van der Waals surface area contributed by atoms with Crippen molar-refractivity contribution in [1.29, 1.82) is 0 Å². The van der Waals surface area contributed by atoms with Gasteiger partial charge in [-0.3, -0.25) is 4.55 Å². The van der Waals surface area contributed by atoms with E-state index in [1.807, 2.05) is 42.5 Å². The first kappa shape index (κ1) is 12.0. The molecule has 3 aromatic rings. The Morgan fingerprint density at radius 2 is 1.53 bits per heavy atom. The highest BCUT2D eigenvalue weighted by molar-refractivity contribution is 7.86. The Kier molecular flexibility index (Phi) is 2.66. The second-order valence-electron chi connectivity index (χ2n) is 4.19. The van der Waals surface area contributed by atoms with Gasteiger partial charge in [-0.25, -0.2) is 0 Å². The normalized spacial score (nSPS) is 11.8. The first-order valence-electron chi connectivity index (χ1n) is 5.70. The molecule has 1 N–H and O–H groups in total. The number of rotatable bonds is 2. The molecule has 0 saturated carbocycles. The summed E-state index contributed by atoms with van der Waals surface area (Å²) in [4.78, 5) is -0.0769. The van der Waals surface area contributed by atoms with E-state index in [0.29, 0.717) is 5.39 Å². The van der Waals surface area contributed by atoms with Gasteiger partial charge in [0.25, 0.3) is 10.1 Å².